The Morgan fingerprint density at radius 2 is 1.07 bits per heavy atom. The van der Waals surface area contributed by atoms with E-state index in [9.17, 15) is 0 Å². The van der Waals surface area contributed by atoms with Crippen LogP contribution in [0.1, 0.15) is 60.4 Å². The zero-order chi connectivity index (χ0) is 48.3. The van der Waals surface area contributed by atoms with Crippen molar-refractivity contribution in [2.24, 2.45) is 0 Å². The third kappa shape index (κ3) is 9.42. The van der Waals surface area contributed by atoms with Gasteiger partial charge >= 0.3 is 0 Å². The summed E-state index contributed by atoms with van der Waals surface area (Å²) in [6.07, 6.45) is 6.09. The molecule has 1 unspecified atom stereocenters. The Labute approximate surface area is 419 Å². The van der Waals surface area contributed by atoms with Gasteiger partial charge in [-0.3, -0.25) is 4.98 Å². The van der Waals surface area contributed by atoms with Crippen molar-refractivity contribution in [3.8, 4) is 66.9 Å². The van der Waals surface area contributed by atoms with E-state index in [0.29, 0.717) is 5.92 Å². The average molecular weight is 925 g/mol. The van der Waals surface area contributed by atoms with Crippen LogP contribution >= 0.6 is 11.3 Å². The second-order valence-electron chi connectivity index (χ2n) is 19.0. The minimum Gasteiger partial charge on any atom is -0.374 e. The molecule has 1 aliphatic heterocycles. The Kier molecular flexibility index (Phi) is 13.3. The number of thiophene rings is 1. The molecule has 0 saturated heterocycles. The quantitative estimate of drug-likeness (QED) is 0.136. The summed E-state index contributed by atoms with van der Waals surface area (Å²) < 4.78 is 2.65. The lowest BCUT2D eigenvalue weighted by atomic mass is 9.88. The van der Waals surface area contributed by atoms with Crippen LogP contribution in [0.25, 0.3) is 92.8 Å². The summed E-state index contributed by atoms with van der Waals surface area (Å²) in [5, 5.41) is 2.64. The first-order chi connectivity index (χ1) is 34.1. The fourth-order valence-electron chi connectivity index (χ4n) is 10.1. The molecule has 2 nitrogen and oxygen atoms in total. The van der Waals surface area contributed by atoms with E-state index in [2.05, 4.69) is 235 Å². The Morgan fingerprint density at radius 1 is 0.543 bits per heavy atom. The summed E-state index contributed by atoms with van der Waals surface area (Å²) in [6, 6.07) is 69.0. The van der Waals surface area contributed by atoms with E-state index < -0.39 is 0 Å². The normalized spacial score (nSPS) is 12.9. The van der Waals surface area contributed by atoms with Gasteiger partial charge in [0.2, 0.25) is 0 Å². The molecule has 1 aliphatic rings. The number of aromatic nitrogens is 1. The highest BCUT2D eigenvalue weighted by Gasteiger charge is 2.21. The Bertz CT molecular complexity index is 3570. The molecule has 0 spiro atoms. The minimum atomic E-state index is 0.459. The topological polar surface area (TPSA) is 16.1 Å². The van der Waals surface area contributed by atoms with Gasteiger partial charge in [0.25, 0.3) is 0 Å². The van der Waals surface area contributed by atoms with Crippen molar-refractivity contribution in [1.29, 1.82) is 0 Å². The Hall–Kier alpha value is -7.59. The lowest BCUT2D eigenvalue weighted by Gasteiger charge is -2.19. The maximum atomic E-state index is 4.82. The number of hydrogen-bond acceptors (Lipinski definition) is 3. The molecule has 0 fully saturated rings. The fraction of sp³-hybridized carbons (Fsp3) is 0.149. The van der Waals surface area contributed by atoms with Gasteiger partial charge in [0.15, 0.2) is 0 Å². The molecular weight excluding hydrogens is 865 g/mol. The van der Waals surface area contributed by atoms with Gasteiger partial charge in [0, 0.05) is 56.8 Å². The molecule has 3 heteroatoms. The Morgan fingerprint density at radius 3 is 1.67 bits per heavy atom. The van der Waals surface area contributed by atoms with Gasteiger partial charge in [-0.1, -0.05) is 166 Å². The van der Waals surface area contributed by atoms with Crippen LogP contribution in [0.15, 0.2) is 212 Å². The molecule has 0 bridgehead atoms. The molecule has 3 heterocycles. The van der Waals surface area contributed by atoms with Crippen LogP contribution in [0.2, 0.25) is 0 Å². The smallest absolute Gasteiger partial charge is 0.0734 e. The summed E-state index contributed by atoms with van der Waals surface area (Å²) in [4.78, 5) is 7.16. The highest BCUT2D eigenvalue weighted by Crippen LogP contribution is 2.41. The van der Waals surface area contributed by atoms with Gasteiger partial charge in [-0.2, -0.15) is 0 Å². The van der Waals surface area contributed by atoms with Gasteiger partial charge in [-0.05, 0) is 172 Å². The second kappa shape index (κ2) is 20.2. The van der Waals surface area contributed by atoms with Crippen molar-refractivity contribution in [2.75, 3.05) is 13.6 Å². The predicted molar refractivity (Wildman–Crippen MR) is 303 cm³/mol. The summed E-state index contributed by atoms with van der Waals surface area (Å²) in [7, 11) is 2.17. The van der Waals surface area contributed by atoms with Crippen LogP contribution in [-0.4, -0.2) is 23.5 Å². The molecule has 70 heavy (non-hydrogen) atoms. The van der Waals surface area contributed by atoms with E-state index in [-0.39, 0.29) is 0 Å². The molecule has 10 aromatic rings. The molecule has 8 aromatic carbocycles. The van der Waals surface area contributed by atoms with Crippen molar-refractivity contribution in [3.05, 3.63) is 240 Å². The fourth-order valence-corrected chi connectivity index (χ4v) is 11.2. The lowest BCUT2D eigenvalue weighted by Crippen LogP contribution is -2.12. The lowest BCUT2D eigenvalue weighted by molar-refractivity contribution is 0.517. The van der Waals surface area contributed by atoms with Gasteiger partial charge in [-0.15, -0.1) is 11.3 Å². The van der Waals surface area contributed by atoms with Gasteiger partial charge in [-0.25, -0.2) is 0 Å². The van der Waals surface area contributed by atoms with Crippen molar-refractivity contribution < 1.29 is 0 Å². The molecule has 0 amide bonds. The third-order valence-electron chi connectivity index (χ3n) is 14.3. The maximum absolute atomic E-state index is 4.82. The number of rotatable bonds is 10. The number of pyridine rings is 1. The van der Waals surface area contributed by atoms with E-state index in [1.54, 1.807) is 0 Å². The van der Waals surface area contributed by atoms with Crippen LogP contribution in [0.3, 0.4) is 0 Å². The molecule has 0 radical (unpaired) electrons. The summed E-state index contributed by atoms with van der Waals surface area (Å²) >= 11 is 1.87. The van der Waals surface area contributed by atoms with E-state index in [1.807, 2.05) is 29.7 Å². The Balaban J connectivity index is 0.000000225. The molecule has 344 valence electrons. The van der Waals surface area contributed by atoms with E-state index in [0.717, 1.165) is 25.1 Å². The molecule has 0 aliphatic carbocycles. The van der Waals surface area contributed by atoms with Crippen molar-refractivity contribution in [1.82, 2.24) is 9.88 Å². The molecular formula is C67H60N2S. The van der Waals surface area contributed by atoms with Crippen LogP contribution in [0.4, 0.5) is 0 Å². The summed E-state index contributed by atoms with van der Waals surface area (Å²) in [6.45, 7) is 16.1. The summed E-state index contributed by atoms with van der Waals surface area (Å²) in [5.41, 5.74) is 23.9. The van der Waals surface area contributed by atoms with Crippen molar-refractivity contribution in [2.45, 2.75) is 53.4 Å². The van der Waals surface area contributed by atoms with Gasteiger partial charge in [0.1, 0.15) is 0 Å². The average Bonchev–Trinajstić information content (AvgIpc) is 3.97. The first kappa shape index (κ1) is 46.2. The zero-order valence-corrected chi connectivity index (χ0v) is 42.1. The van der Waals surface area contributed by atoms with Crippen LogP contribution in [0.5, 0.6) is 0 Å². The molecule has 0 N–H and O–H groups in total. The SMILES string of the molecule is C=CC1=C(c2cc(-c3ccccc3)ccc2C)N(C)CC1.CCC(C)c1ccc(-c2cccc(-c3cccc(-c4ccc5sc6ccc(-c7cccc(C)c7)cc6c5c4)c3)c2)cc1-c1ncccc1C. The minimum absolute atomic E-state index is 0.459. The highest BCUT2D eigenvalue weighted by molar-refractivity contribution is 7.25. The first-order valence-electron chi connectivity index (χ1n) is 24.7. The number of nitrogens with zero attached hydrogens (tertiary/aromatic N) is 2. The predicted octanol–water partition coefficient (Wildman–Crippen LogP) is 18.8. The number of allylic oxidation sites excluding steroid dienone is 1. The second-order valence-corrected chi connectivity index (χ2v) is 20.1. The molecule has 0 saturated carbocycles. The first-order valence-corrected chi connectivity index (χ1v) is 25.5. The van der Waals surface area contributed by atoms with Gasteiger partial charge < -0.3 is 4.90 Å². The van der Waals surface area contributed by atoms with Crippen LogP contribution < -0.4 is 0 Å². The van der Waals surface area contributed by atoms with E-state index in [1.165, 1.54) is 120 Å². The maximum Gasteiger partial charge on any atom is 0.0734 e. The zero-order valence-electron chi connectivity index (χ0n) is 41.3. The molecule has 11 rings (SSSR count). The van der Waals surface area contributed by atoms with Crippen molar-refractivity contribution in [3.63, 3.8) is 0 Å². The number of aryl methyl sites for hydroxylation is 3. The van der Waals surface area contributed by atoms with E-state index >= 15 is 0 Å². The summed E-state index contributed by atoms with van der Waals surface area (Å²) in [5.74, 6) is 0.459. The van der Waals surface area contributed by atoms with Crippen LogP contribution in [-0.2, 0) is 0 Å². The standard InChI is InChI=1S/C47H39NS.C20H21N/c1-5-31(3)41-20-17-38(29-44(41)47-32(4)11-9-23-48-47)36-15-7-13-34(25-36)35-14-8-16-37(26-35)40-19-22-46-43(28-40)42-27-39(18-21-45(42)49-46)33-12-6-10-30(2)24-33;1-4-16-12-13-21(3)20(16)19-14-18(11-10-15(19)2)17-8-6-5-7-9-17/h6-29,31H,5H2,1-4H3;4-11,14H,1,12-13H2,2-3H3. The number of fused-ring (bicyclic) bond motifs is 3. The van der Waals surface area contributed by atoms with E-state index in [4.69, 9.17) is 4.98 Å². The van der Waals surface area contributed by atoms with Gasteiger partial charge in [0.05, 0.1) is 5.69 Å². The van der Waals surface area contributed by atoms with Crippen molar-refractivity contribution >= 4 is 37.2 Å². The number of hydrogen-bond donors (Lipinski definition) is 0. The molecule has 2 aromatic heterocycles. The number of benzene rings is 8. The van der Waals surface area contributed by atoms with Crippen LogP contribution in [0, 0.1) is 20.8 Å². The highest BCUT2D eigenvalue weighted by atomic mass is 32.1. The molecule has 1 atom stereocenters. The largest absolute Gasteiger partial charge is 0.374 e. The third-order valence-corrected chi connectivity index (χ3v) is 15.4. The monoisotopic (exact) mass is 924 g/mol.